The summed E-state index contributed by atoms with van der Waals surface area (Å²) < 4.78 is 6.49. The predicted octanol–water partition coefficient (Wildman–Crippen LogP) is 4.66. The highest BCUT2D eigenvalue weighted by Crippen LogP contribution is 2.24. The van der Waals surface area contributed by atoms with E-state index in [1.165, 1.54) is 6.08 Å². The normalized spacial score (nSPS) is 10.2. The molecule has 0 radical (unpaired) electrons. The number of hydrogen-bond donors (Lipinski definition) is 2. The first kappa shape index (κ1) is 19.2. The molecular weight excluding hydrogens is 432 g/mol. The highest BCUT2D eigenvalue weighted by molar-refractivity contribution is 9.10. The molecule has 0 aliphatic carbocycles. The molecule has 1 aromatic carbocycles. The third-order valence-electron chi connectivity index (χ3n) is 2.45. The van der Waals surface area contributed by atoms with Crippen LogP contribution in [0.15, 0.2) is 51.4 Å². The first-order chi connectivity index (χ1) is 10.9. The summed E-state index contributed by atoms with van der Waals surface area (Å²) in [5.74, 6) is -0.522. The Morgan fingerprint density at radius 2 is 1.74 bits per heavy atom. The lowest BCUT2D eigenvalue weighted by molar-refractivity contribution is -0.136. The molecule has 0 aliphatic heterocycles. The largest absolute Gasteiger partial charge is 0.481 e. The number of carbonyl (C=O) groups is 2. The van der Waals surface area contributed by atoms with Crippen molar-refractivity contribution < 1.29 is 24.2 Å². The molecule has 0 aliphatic rings. The molecule has 2 rings (SSSR count). The van der Waals surface area contributed by atoms with Crippen LogP contribution in [0.3, 0.4) is 0 Å². The van der Waals surface area contributed by atoms with Crippen LogP contribution in [-0.4, -0.2) is 27.5 Å². The zero-order valence-electron chi connectivity index (χ0n) is 11.9. The van der Waals surface area contributed by atoms with E-state index in [2.05, 4.69) is 31.9 Å². The second-order valence-corrected chi connectivity index (χ2v) is 5.92. The van der Waals surface area contributed by atoms with Crippen molar-refractivity contribution in [1.82, 2.24) is 0 Å². The van der Waals surface area contributed by atoms with E-state index < -0.39 is 11.9 Å². The van der Waals surface area contributed by atoms with Crippen LogP contribution in [-0.2, 0) is 9.59 Å². The summed E-state index contributed by atoms with van der Waals surface area (Å²) in [6, 6.07) is 11.2. The molecule has 0 bridgehead atoms. The summed E-state index contributed by atoms with van der Waals surface area (Å²) in [7, 11) is 0. The van der Waals surface area contributed by atoms with Crippen molar-refractivity contribution in [2.45, 2.75) is 6.42 Å². The third kappa shape index (κ3) is 7.80. The van der Waals surface area contributed by atoms with Gasteiger partial charge < -0.3 is 14.6 Å². The van der Waals surface area contributed by atoms with Gasteiger partial charge in [0.15, 0.2) is 0 Å². The fourth-order valence-electron chi connectivity index (χ4n) is 1.45. The summed E-state index contributed by atoms with van der Waals surface area (Å²) >= 11 is 6.33. The van der Waals surface area contributed by atoms with E-state index in [1.807, 2.05) is 30.3 Å². The molecule has 0 amide bonds. The SMILES string of the molecule is O=C(O)C=Cc1ccc(-c2ccc(Br)cc2)o1.O=C(O)CCBr. The van der Waals surface area contributed by atoms with Gasteiger partial charge in [-0.25, -0.2) is 4.79 Å². The Labute approximate surface area is 149 Å². The zero-order chi connectivity index (χ0) is 17.2. The number of alkyl halides is 1. The predicted molar refractivity (Wildman–Crippen MR) is 94.6 cm³/mol. The van der Waals surface area contributed by atoms with E-state index in [4.69, 9.17) is 14.6 Å². The number of carboxylic acid groups (broad SMARTS) is 2. The highest BCUT2D eigenvalue weighted by Gasteiger charge is 2.02. The fourth-order valence-corrected chi connectivity index (χ4v) is 2.05. The Morgan fingerprint density at radius 3 is 2.22 bits per heavy atom. The molecule has 1 aromatic heterocycles. The van der Waals surface area contributed by atoms with Crippen molar-refractivity contribution in [2.24, 2.45) is 0 Å². The van der Waals surface area contributed by atoms with Crippen molar-refractivity contribution in [2.75, 3.05) is 5.33 Å². The number of halogens is 2. The maximum Gasteiger partial charge on any atom is 0.328 e. The lowest BCUT2D eigenvalue weighted by Gasteiger charge is -1.96. The van der Waals surface area contributed by atoms with Gasteiger partial charge in [0.1, 0.15) is 11.5 Å². The number of benzene rings is 1. The van der Waals surface area contributed by atoms with Crippen LogP contribution < -0.4 is 0 Å². The Bertz CT molecular complexity index is 674. The van der Waals surface area contributed by atoms with Crippen molar-refractivity contribution in [3.63, 3.8) is 0 Å². The minimum atomic E-state index is -0.994. The first-order valence-corrected chi connectivity index (χ1v) is 8.38. The number of carboxylic acids is 2. The van der Waals surface area contributed by atoms with Crippen LogP contribution in [0.5, 0.6) is 0 Å². The van der Waals surface area contributed by atoms with Gasteiger partial charge in [-0.2, -0.15) is 0 Å². The Hall–Kier alpha value is -1.86. The third-order valence-corrected chi connectivity index (χ3v) is 3.38. The molecule has 0 spiro atoms. The molecule has 7 heteroatoms. The summed E-state index contributed by atoms with van der Waals surface area (Å²) in [5, 5.41) is 16.9. The quantitative estimate of drug-likeness (QED) is 0.516. The number of furan rings is 1. The maximum atomic E-state index is 10.4. The minimum absolute atomic E-state index is 0.208. The topological polar surface area (TPSA) is 87.7 Å². The molecule has 5 nitrogen and oxygen atoms in total. The first-order valence-electron chi connectivity index (χ1n) is 6.47. The molecule has 0 unspecified atom stereocenters. The second kappa shape index (κ2) is 10.0. The van der Waals surface area contributed by atoms with Gasteiger partial charge in [0.25, 0.3) is 0 Å². The molecule has 0 fully saturated rings. The van der Waals surface area contributed by atoms with Crippen LogP contribution in [0.4, 0.5) is 0 Å². The average molecular weight is 446 g/mol. The van der Waals surface area contributed by atoms with Crippen molar-refractivity contribution in [3.05, 3.63) is 52.7 Å². The van der Waals surface area contributed by atoms with Gasteiger partial charge in [0.05, 0.1) is 6.42 Å². The van der Waals surface area contributed by atoms with E-state index in [0.717, 1.165) is 16.1 Å². The van der Waals surface area contributed by atoms with Gasteiger partial charge in [0, 0.05) is 21.4 Å². The smallest absolute Gasteiger partial charge is 0.328 e. The van der Waals surface area contributed by atoms with E-state index in [9.17, 15) is 9.59 Å². The van der Waals surface area contributed by atoms with E-state index in [1.54, 1.807) is 6.07 Å². The molecule has 2 aromatic rings. The Balaban J connectivity index is 0.000000379. The Kier molecular flexibility index (Phi) is 8.36. The molecule has 0 saturated heterocycles. The summed E-state index contributed by atoms with van der Waals surface area (Å²) in [6.07, 6.45) is 2.68. The summed E-state index contributed by atoms with van der Waals surface area (Å²) in [5.41, 5.74) is 0.947. The lowest BCUT2D eigenvalue weighted by Crippen LogP contribution is -1.92. The van der Waals surface area contributed by atoms with E-state index in [-0.39, 0.29) is 6.42 Å². The monoisotopic (exact) mass is 444 g/mol. The molecule has 23 heavy (non-hydrogen) atoms. The van der Waals surface area contributed by atoms with Gasteiger partial charge in [-0.05, 0) is 30.3 Å². The maximum absolute atomic E-state index is 10.4. The average Bonchev–Trinajstić information content (AvgIpc) is 2.95. The second-order valence-electron chi connectivity index (χ2n) is 4.21. The van der Waals surface area contributed by atoms with Crippen molar-refractivity contribution in [1.29, 1.82) is 0 Å². The van der Waals surface area contributed by atoms with Crippen molar-refractivity contribution in [3.8, 4) is 11.3 Å². The molecule has 0 atom stereocenters. The van der Waals surface area contributed by atoms with Gasteiger partial charge in [-0.15, -0.1) is 0 Å². The lowest BCUT2D eigenvalue weighted by atomic mass is 10.2. The molecule has 2 N–H and O–H groups in total. The van der Waals surface area contributed by atoms with Crippen LogP contribution in [0.1, 0.15) is 12.2 Å². The van der Waals surface area contributed by atoms with Gasteiger partial charge in [-0.3, -0.25) is 4.79 Å². The molecular formula is C16H14Br2O5. The summed E-state index contributed by atoms with van der Waals surface area (Å²) in [4.78, 5) is 19.9. The Morgan fingerprint density at radius 1 is 1.09 bits per heavy atom. The van der Waals surface area contributed by atoms with Gasteiger partial charge >= 0.3 is 11.9 Å². The molecule has 0 saturated carbocycles. The van der Waals surface area contributed by atoms with Crippen LogP contribution in [0.25, 0.3) is 17.4 Å². The number of rotatable bonds is 5. The van der Waals surface area contributed by atoms with E-state index >= 15 is 0 Å². The highest BCUT2D eigenvalue weighted by atomic mass is 79.9. The minimum Gasteiger partial charge on any atom is -0.481 e. The van der Waals surface area contributed by atoms with Crippen molar-refractivity contribution >= 4 is 49.9 Å². The summed E-state index contributed by atoms with van der Waals surface area (Å²) in [6.45, 7) is 0. The van der Waals surface area contributed by atoms with Gasteiger partial charge in [0.2, 0.25) is 0 Å². The molecule has 122 valence electrons. The van der Waals surface area contributed by atoms with Crippen LogP contribution in [0, 0.1) is 0 Å². The zero-order valence-corrected chi connectivity index (χ0v) is 15.1. The van der Waals surface area contributed by atoms with E-state index in [0.29, 0.717) is 16.9 Å². The number of hydrogen-bond acceptors (Lipinski definition) is 3. The standard InChI is InChI=1S/C13H9BrO3.C3H5BrO2/c14-10-3-1-9(2-4-10)12-7-5-11(17-12)6-8-13(15)16;4-2-1-3(5)6/h1-8H,(H,15,16);1-2H2,(H,5,6). The molecule has 1 heterocycles. The fraction of sp³-hybridized carbons (Fsp3) is 0.125. The van der Waals surface area contributed by atoms with Crippen LogP contribution in [0.2, 0.25) is 0 Å². The number of aliphatic carboxylic acids is 2. The van der Waals surface area contributed by atoms with Crippen LogP contribution >= 0.6 is 31.9 Å². The van der Waals surface area contributed by atoms with Gasteiger partial charge in [-0.1, -0.05) is 44.0 Å².